The molecule has 1 aromatic rings. The second-order valence-corrected chi connectivity index (χ2v) is 6.76. The van der Waals surface area contributed by atoms with Crippen molar-refractivity contribution in [3.05, 3.63) is 23.2 Å². The van der Waals surface area contributed by atoms with Crippen molar-refractivity contribution in [1.29, 1.82) is 0 Å². The molecule has 0 atom stereocenters. The van der Waals surface area contributed by atoms with E-state index in [0.717, 1.165) is 12.8 Å². The number of nitrogens with zero attached hydrogens (tertiary/aromatic N) is 2. The standard InChI is InChI=1S/C18H27N3O6/c1-5-21(10-16(22)23)13-6-12(7-13)19-18(25)20(3)9-14-8-15(11(2)27-14)17(24)26-4/h8,12-13H,5-7,9-10H2,1-4H3,(H,19,25)(H,22,23). The van der Waals surface area contributed by atoms with Crippen molar-refractivity contribution in [3.8, 4) is 0 Å². The molecule has 1 saturated carbocycles. The summed E-state index contributed by atoms with van der Waals surface area (Å²) in [7, 11) is 2.94. The maximum Gasteiger partial charge on any atom is 0.341 e. The van der Waals surface area contributed by atoms with E-state index < -0.39 is 11.9 Å². The van der Waals surface area contributed by atoms with Crippen LogP contribution in [-0.4, -0.2) is 72.2 Å². The quantitative estimate of drug-likeness (QED) is 0.656. The maximum absolute atomic E-state index is 12.3. The maximum atomic E-state index is 12.3. The fourth-order valence-electron chi connectivity index (χ4n) is 3.20. The van der Waals surface area contributed by atoms with Crippen LogP contribution in [0.2, 0.25) is 0 Å². The van der Waals surface area contributed by atoms with Gasteiger partial charge in [0, 0.05) is 19.1 Å². The van der Waals surface area contributed by atoms with Crippen LogP contribution in [0.25, 0.3) is 0 Å². The highest BCUT2D eigenvalue weighted by Crippen LogP contribution is 2.26. The molecule has 0 saturated heterocycles. The van der Waals surface area contributed by atoms with Crippen LogP contribution in [0, 0.1) is 6.92 Å². The molecule has 0 bridgehead atoms. The predicted octanol–water partition coefficient (Wildman–Crippen LogP) is 1.45. The number of nitrogens with one attached hydrogen (secondary N) is 1. The van der Waals surface area contributed by atoms with E-state index in [1.165, 1.54) is 12.0 Å². The van der Waals surface area contributed by atoms with Crippen LogP contribution in [0.5, 0.6) is 0 Å². The topological polar surface area (TPSA) is 112 Å². The zero-order valence-corrected chi connectivity index (χ0v) is 16.2. The number of rotatable bonds is 8. The fourth-order valence-corrected chi connectivity index (χ4v) is 3.20. The van der Waals surface area contributed by atoms with Gasteiger partial charge in [0.05, 0.1) is 20.2 Å². The second-order valence-electron chi connectivity index (χ2n) is 6.76. The molecule has 150 valence electrons. The van der Waals surface area contributed by atoms with Gasteiger partial charge in [-0.05, 0) is 32.4 Å². The molecule has 1 aliphatic rings. The van der Waals surface area contributed by atoms with Gasteiger partial charge in [-0.2, -0.15) is 0 Å². The number of carboxylic acids is 1. The number of furan rings is 1. The van der Waals surface area contributed by atoms with E-state index in [4.69, 9.17) is 9.52 Å². The molecule has 2 N–H and O–H groups in total. The van der Waals surface area contributed by atoms with E-state index >= 15 is 0 Å². The van der Waals surface area contributed by atoms with Gasteiger partial charge in [0.2, 0.25) is 0 Å². The normalized spacial score (nSPS) is 18.7. The van der Waals surface area contributed by atoms with Crippen molar-refractivity contribution < 1.29 is 28.6 Å². The van der Waals surface area contributed by atoms with Gasteiger partial charge in [-0.15, -0.1) is 0 Å². The van der Waals surface area contributed by atoms with Crippen molar-refractivity contribution in [1.82, 2.24) is 15.1 Å². The molecule has 0 unspecified atom stereocenters. The number of carbonyl (C=O) groups is 3. The molecular formula is C18H27N3O6. The Kier molecular flexibility index (Phi) is 6.84. The first-order valence-corrected chi connectivity index (χ1v) is 8.90. The number of hydrogen-bond acceptors (Lipinski definition) is 6. The Bertz CT molecular complexity index is 695. The Morgan fingerprint density at radius 3 is 2.59 bits per heavy atom. The van der Waals surface area contributed by atoms with Crippen LogP contribution < -0.4 is 5.32 Å². The smallest absolute Gasteiger partial charge is 0.341 e. The highest BCUT2D eigenvalue weighted by atomic mass is 16.5. The minimum atomic E-state index is -0.843. The Labute approximate surface area is 158 Å². The Morgan fingerprint density at radius 2 is 2.04 bits per heavy atom. The lowest BCUT2D eigenvalue weighted by molar-refractivity contribution is -0.139. The molecule has 9 heteroatoms. The van der Waals surface area contributed by atoms with Gasteiger partial charge in [-0.1, -0.05) is 6.92 Å². The molecule has 27 heavy (non-hydrogen) atoms. The molecule has 2 rings (SSSR count). The fraction of sp³-hybridized carbons (Fsp3) is 0.611. The molecular weight excluding hydrogens is 354 g/mol. The average Bonchev–Trinajstić information content (AvgIpc) is 2.94. The molecule has 1 fully saturated rings. The van der Waals surface area contributed by atoms with Crippen LogP contribution in [-0.2, 0) is 16.1 Å². The molecule has 0 radical (unpaired) electrons. The molecule has 0 aromatic carbocycles. The third-order valence-corrected chi connectivity index (χ3v) is 4.82. The summed E-state index contributed by atoms with van der Waals surface area (Å²) in [4.78, 5) is 38.2. The van der Waals surface area contributed by atoms with Crippen molar-refractivity contribution >= 4 is 18.0 Å². The number of aryl methyl sites for hydroxylation is 1. The third-order valence-electron chi connectivity index (χ3n) is 4.82. The van der Waals surface area contributed by atoms with Gasteiger partial charge < -0.3 is 24.5 Å². The third kappa shape index (κ3) is 5.22. The lowest BCUT2D eigenvalue weighted by Gasteiger charge is -2.42. The van der Waals surface area contributed by atoms with Crippen molar-refractivity contribution in [2.45, 2.75) is 45.3 Å². The average molecular weight is 381 g/mol. The lowest BCUT2D eigenvalue weighted by Crippen LogP contribution is -2.56. The molecule has 9 nitrogen and oxygen atoms in total. The number of methoxy groups -OCH3 is 1. The minimum absolute atomic E-state index is 0.0160. The molecule has 1 aromatic heterocycles. The largest absolute Gasteiger partial charge is 0.480 e. The molecule has 1 heterocycles. The van der Waals surface area contributed by atoms with Gasteiger partial charge in [-0.3, -0.25) is 9.69 Å². The summed E-state index contributed by atoms with van der Waals surface area (Å²) in [6.07, 6.45) is 1.46. The molecule has 0 aliphatic heterocycles. The van der Waals surface area contributed by atoms with Crippen molar-refractivity contribution in [2.75, 3.05) is 27.2 Å². The lowest BCUT2D eigenvalue weighted by atomic mass is 9.85. The van der Waals surface area contributed by atoms with Crippen LogP contribution in [0.15, 0.2) is 10.5 Å². The van der Waals surface area contributed by atoms with E-state index in [0.29, 0.717) is 23.6 Å². The van der Waals surface area contributed by atoms with E-state index in [1.807, 2.05) is 11.8 Å². The predicted molar refractivity (Wildman–Crippen MR) is 96.5 cm³/mol. The summed E-state index contributed by atoms with van der Waals surface area (Å²) in [5, 5.41) is 11.9. The summed E-state index contributed by atoms with van der Waals surface area (Å²) < 4.78 is 10.2. The van der Waals surface area contributed by atoms with Gasteiger partial charge in [0.15, 0.2) is 0 Å². The Morgan fingerprint density at radius 1 is 1.37 bits per heavy atom. The van der Waals surface area contributed by atoms with Crippen LogP contribution in [0.1, 0.15) is 41.6 Å². The number of urea groups is 1. The van der Waals surface area contributed by atoms with Crippen molar-refractivity contribution in [3.63, 3.8) is 0 Å². The number of amides is 2. The van der Waals surface area contributed by atoms with E-state index in [2.05, 4.69) is 10.1 Å². The summed E-state index contributed by atoms with van der Waals surface area (Å²) in [6.45, 7) is 4.50. The number of ether oxygens (including phenoxy) is 1. The van der Waals surface area contributed by atoms with Crippen LogP contribution in [0.3, 0.4) is 0 Å². The van der Waals surface area contributed by atoms with E-state index in [9.17, 15) is 14.4 Å². The van der Waals surface area contributed by atoms with Crippen LogP contribution >= 0.6 is 0 Å². The first-order valence-electron chi connectivity index (χ1n) is 8.90. The zero-order chi connectivity index (χ0) is 20.1. The van der Waals surface area contributed by atoms with Crippen LogP contribution in [0.4, 0.5) is 4.79 Å². The molecule has 2 amide bonds. The number of esters is 1. The zero-order valence-electron chi connectivity index (χ0n) is 16.2. The Hall–Kier alpha value is -2.55. The van der Waals surface area contributed by atoms with Gasteiger partial charge >= 0.3 is 18.0 Å². The summed E-state index contributed by atoms with van der Waals surface area (Å²) >= 11 is 0. The number of likely N-dealkylation sites (N-methyl/N-ethyl adjacent to an activating group) is 1. The first kappa shape index (κ1) is 20.8. The van der Waals surface area contributed by atoms with Gasteiger partial charge in [-0.25, -0.2) is 9.59 Å². The van der Waals surface area contributed by atoms with E-state index in [1.54, 1.807) is 20.0 Å². The highest BCUT2D eigenvalue weighted by Gasteiger charge is 2.35. The SMILES string of the molecule is CCN(CC(=O)O)C1CC(NC(=O)N(C)Cc2cc(C(=O)OC)c(C)o2)C1. The van der Waals surface area contributed by atoms with Gasteiger partial charge in [0.1, 0.15) is 17.1 Å². The number of aliphatic carboxylic acids is 1. The summed E-state index contributed by atoms with van der Waals surface area (Å²) in [5.41, 5.74) is 0.348. The minimum Gasteiger partial charge on any atom is -0.480 e. The second kappa shape index (κ2) is 8.90. The number of carbonyl (C=O) groups excluding carboxylic acids is 2. The number of hydrogen-bond donors (Lipinski definition) is 2. The van der Waals surface area contributed by atoms with Gasteiger partial charge in [0.25, 0.3) is 0 Å². The van der Waals surface area contributed by atoms with E-state index in [-0.39, 0.29) is 31.2 Å². The molecule has 1 aliphatic carbocycles. The Balaban J connectivity index is 1.82. The monoisotopic (exact) mass is 381 g/mol. The summed E-state index contributed by atoms with van der Waals surface area (Å²) in [6, 6.07) is 1.54. The highest BCUT2D eigenvalue weighted by molar-refractivity contribution is 5.90. The van der Waals surface area contributed by atoms with Crippen molar-refractivity contribution in [2.24, 2.45) is 0 Å². The first-order chi connectivity index (χ1) is 12.7. The number of carboxylic acid groups (broad SMARTS) is 1. The summed E-state index contributed by atoms with van der Waals surface area (Å²) in [5.74, 6) is -0.373. The molecule has 0 spiro atoms.